The Balaban J connectivity index is 2.49. The van der Waals surface area contributed by atoms with E-state index in [1.165, 1.54) is 0 Å². The number of hydrogen-bond donors (Lipinski definition) is 2. The number of esters is 1. The van der Waals surface area contributed by atoms with Crippen molar-refractivity contribution in [2.75, 3.05) is 5.73 Å². The van der Waals surface area contributed by atoms with Crippen molar-refractivity contribution >= 4 is 11.7 Å². The van der Waals surface area contributed by atoms with Crippen molar-refractivity contribution in [2.45, 2.75) is 33.3 Å². The Morgan fingerprint density at radius 3 is 2.67 bits per heavy atom. The monoisotopic (exact) mass is 210 g/mol. The third kappa shape index (κ3) is 3.65. The van der Waals surface area contributed by atoms with E-state index in [1.54, 1.807) is 12.3 Å². The summed E-state index contributed by atoms with van der Waals surface area (Å²) in [6, 6.07) is 1.57. The standard InChI is InChI=1S/C11H18N2O2/c1-7(2)4-8(3)15-11(14)10-5-9(12)6-13-10/h5-8,13H,4,12H2,1-3H3. The Kier molecular flexibility index (Phi) is 3.77. The fraction of sp³-hybridized carbons (Fsp3) is 0.545. The Morgan fingerprint density at radius 1 is 1.53 bits per heavy atom. The SMILES string of the molecule is CC(C)CC(C)OC(=O)c1cc(N)c[nH]1. The highest BCUT2D eigenvalue weighted by Gasteiger charge is 2.14. The molecule has 0 aliphatic carbocycles. The molecule has 0 fully saturated rings. The molecule has 4 nitrogen and oxygen atoms in total. The van der Waals surface area contributed by atoms with Crippen LogP contribution in [-0.2, 0) is 4.74 Å². The van der Waals surface area contributed by atoms with E-state index in [0.717, 1.165) is 6.42 Å². The number of rotatable bonds is 4. The molecule has 0 aliphatic rings. The minimum absolute atomic E-state index is 0.0676. The lowest BCUT2D eigenvalue weighted by Crippen LogP contribution is -2.17. The molecular formula is C11H18N2O2. The predicted molar refractivity (Wildman–Crippen MR) is 59.5 cm³/mol. The average molecular weight is 210 g/mol. The van der Waals surface area contributed by atoms with Gasteiger partial charge < -0.3 is 15.5 Å². The maximum Gasteiger partial charge on any atom is 0.355 e. The second-order valence-electron chi connectivity index (χ2n) is 4.19. The first-order valence-electron chi connectivity index (χ1n) is 5.14. The molecule has 1 atom stereocenters. The second-order valence-corrected chi connectivity index (χ2v) is 4.19. The van der Waals surface area contributed by atoms with Crippen LogP contribution in [0.25, 0.3) is 0 Å². The Labute approximate surface area is 89.8 Å². The molecule has 15 heavy (non-hydrogen) atoms. The van der Waals surface area contributed by atoms with Gasteiger partial charge in [-0.05, 0) is 25.3 Å². The molecule has 3 N–H and O–H groups in total. The molecule has 1 heterocycles. The van der Waals surface area contributed by atoms with Crippen LogP contribution in [0.3, 0.4) is 0 Å². The third-order valence-corrected chi connectivity index (χ3v) is 2.04. The van der Waals surface area contributed by atoms with Crippen molar-refractivity contribution < 1.29 is 9.53 Å². The van der Waals surface area contributed by atoms with Crippen LogP contribution < -0.4 is 5.73 Å². The van der Waals surface area contributed by atoms with E-state index < -0.39 is 0 Å². The topological polar surface area (TPSA) is 68.1 Å². The molecule has 1 unspecified atom stereocenters. The van der Waals surface area contributed by atoms with Gasteiger partial charge in [0.15, 0.2) is 0 Å². The Bertz CT molecular complexity index is 331. The lowest BCUT2D eigenvalue weighted by atomic mass is 10.1. The van der Waals surface area contributed by atoms with E-state index >= 15 is 0 Å². The zero-order valence-electron chi connectivity index (χ0n) is 9.41. The van der Waals surface area contributed by atoms with Gasteiger partial charge in [-0.25, -0.2) is 4.79 Å². The summed E-state index contributed by atoms with van der Waals surface area (Å²) >= 11 is 0. The number of carbonyl (C=O) groups is 1. The van der Waals surface area contributed by atoms with Gasteiger partial charge in [0.05, 0.1) is 11.8 Å². The van der Waals surface area contributed by atoms with Crippen molar-refractivity contribution in [3.63, 3.8) is 0 Å². The lowest BCUT2D eigenvalue weighted by Gasteiger charge is -2.14. The van der Waals surface area contributed by atoms with Gasteiger partial charge in [-0.1, -0.05) is 13.8 Å². The van der Waals surface area contributed by atoms with E-state index in [4.69, 9.17) is 10.5 Å². The van der Waals surface area contributed by atoms with Crippen molar-refractivity contribution in [3.05, 3.63) is 18.0 Å². The van der Waals surface area contributed by atoms with Crippen LogP contribution in [0.1, 0.15) is 37.7 Å². The molecule has 1 aromatic heterocycles. The lowest BCUT2D eigenvalue weighted by molar-refractivity contribution is 0.0293. The Morgan fingerprint density at radius 2 is 2.20 bits per heavy atom. The van der Waals surface area contributed by atoms with Crippen LogP contribution in [0.15, 0.2) is 12.3 Å². The minimum Gasteiger partial charge on any atom is -0.458 e. The first-order valence-corrected chi connectivity index (χ1v) is 5.14. The smallest absolute Gasteiger partial charge is 0.355 e. The fourth-order valence-corrected chi connectivity index (χ4v) is 1.49. The van der Waals surface area contributed by atoms with Gasteiger partial charge in [0, 0.05) is 6.20 Å². The van der Waals surface area contributed by atoms with E-state index in [1.807, 2.05) is 6.92 Å². The maximum absolute atomic E-state index is 11.5. The molecule has 0 spiro atoms. The molecule has 0 amide bonds. The van der Waals surface area contributed by atoms with Crippen LogP contribution in [0.4, 0.5) is 5.69 Å². The number of anilines is 1. The predicted octanol–water partition coefficient (Wildman–Crippen LogP) is 2.19. The molecule has 0 aliphatic heterocycles. The summed E-state index contributed by atoms with van der Waals surface area (Å²) in [6.45, 7) is 6.08. The summed E-state index contributed by atoms with van der Waals surface area (Å²) in [5.41, 5.74) is 6.43. The first-order chi connectivity index (χ1) is 6.99. The highest BCUT2D eigenvalue weighted by Crippen LogP contribution is 2.11. The fourth-order valence-electron chi connectivity index (χ4n) is 1.49. The molecule has 1 aromatic rings. The summed E-state index contributed by atoms with van der Waals surface area (Å²) in [5.74, 6) is 0.168. The van der Waals surface area contributed by atoms with Crippen LogP contribution in [-0.4, -0.2) is 17.1 Å². The summed E-state index contributed by atoms with van der Waals surface area (Å²) in [5, 5.41) is 0. The van der Waals surface area contributed by atoms with Crippen molar-refractivity contribution in [3.8, 4) is 0 Å². The van der Waals surface area contributed by atoms with Crippen LogP contribution in [0, 0.1) is 5.92 Å². The molecular weight excluding hydrogens is 192 g/mol. The minimum atomic E-state index is -0.347. The number of aromatic amines is 1. The van der Waals surface area contributed by atoms with E-state index in [0.29, 0.717) is 17.3 Å². The number of nitrogens with two attached hydrogens (primary N) is 1. The summed E-state index contributed by atoms with van der Waals surface area (Å²) < 4.78 is 5.23. The van der Waals surface area contributed by atoms with Crippen LogP contribution >= 0.6 is 0 Å². The molecule has 0 aromatic carbocycles. The molecule has 4 heteroatoms. The summed E-state index contributed by atoms with van der Waals surface area (Å²) in [6.07, 6.45) is 2.37. The number of nitrogen functional groups attached to an aromatic ring is 1. The molecule has 0 saturated carbocycles. The number of carbonyl (C=O) groups excluding carboxylic acids is 1. The van der Waals surface area contributed by atoms with Gasteiger partial charge in [0.2, 0.25) is 0 Å². The number of nitrogens with one attached hydrogen (secondary N) is 1. The van der Waals surface area contributed by atoms with Crippen LogP contribution in [0.2, 0.25) is 0 Å². The van der Waals surface area contributed by atoms with Crippen molar-refractivity contribution in [1.29, 1.82) is 0 Å². The maximum atomic E-state index is 11.5. The number of aromatic nitrogens is 1. The molecule has 0 saturated heterocycles. The normalized spacial score (nSPS) is 12.8. The Hall–Kier alpha value is -1.45. The first kappa shape index (κ1) is 11.6. The molecule has 1 rings (SSSR count). The third-order valence-electron chi connectivity index (χ3n) is 2.04. The summed E-state index contributed by atoms with van der Waals surface area (Å²) in [7, 11) is 0. The quantitative estimate of drug-likeness (QED) is 0.748. The van der Waals surface area contributed by atoms with Gasteiger partial charge in [0.1, 0.15) is 5.69 Å². The van der Waals surface area contributed by atoms with Gasteiger partial charge in [-0.15, -0.1) is 0 Å². The second kappa shape index (κ2) is 4.87. The van der Waals surface area contributed by atoms with Crippen molar-refractivity contribution in [1.82, 2.24) is 4.98 Å². The zero-order valence-corrected chi connectivity index (χ0v) is 9.41. The van der Waals surface area contributed by atoms with Crippen molar-refractivity contribution in [2.24, 2.45) is 5.92 Å². The van der Waals surface area contributed by atoms with Gasteiger partial charge in [-0.3, -0.25) is 0 Å². The largest absolute Gasteiger partial charge is 0.458 e. The van der Waals surface area contributed by atoms with E-state index in [-0.39, 0.29) is 12.1 Å². The molecule has 0 bridgehead atoms. The average Bonchev–Trinajstić information content (AvgIpc) is 2.49. The highest BCUT2D eigenvalue weighted by molar-refractivity contribution is 5.88. The van der Waals surface area contributed by atoms with Gasteiger partial charge in [0.25, 0.3) is 0 Å². The zero-order chi connectivity index (χ0) is 11.4. The van der Waals surface area contributed by atoms with Gasteiger partial charge in [-0.2, -0.15) is 0 Å². The number of hydrogen-bond acceptors (Lipinski definition) is 3. The number of ether oxygens (including phenoxy) is 1. The molecule has 84 valence electrons. The molecule has 0 radical (unpaired) electrons. The highest BCUT2D eigenvalue weighted by atomic mass is 16.5. The number of H-pyrrole nitrogens is 1. The van der Waals surface area contributed by atoms with E-state index in [2.05, 4.69) is 18.8 Å². The van der Waals surface area contributed by atoms with Crippen LogP contribution in [0.5, 0.6) is 0 Å². The van der Waals surface area contributed by atoms with Gasteiger partial charge >= 0.3 is 5.97 Å². The summed E-state index contributed by atoms with van der Waals surface area (Å²) in [4.78, 5) is 14.3. The van der Waals surface area contributed by atoms with E-state index in [9.17, 15) is 4.79 Å².